The second-order valence-electron chi connectivity index (χ2n) is 3.13. The van der Waals surface area contributed by atoms with Crippen molar-refractivity contribution in [2.45, 2.75) is 24.6 Å². The smallest absolute Gasteiger partial charge is 0.312 e. The fourth-order valence-electron chi connectivity index (χ4n) is 1.05. The number of hydrogen-bond acceptors (Lipinski definition) is 4. The van der Waals surface area contributed by atoms with Gasteiger partial charge in [0.05, 0.1) is 19.1 Å². The fraction of sp³-hybridized carbons (Fsp3) is 0.778. The first-order chi connectivity index (χ1) is 6.85. The Bertz CT molecular complexity index is 240. The first-order valence-corrected chi connectivity index (χ1v) is 5.25. The maximum atomic E-state index is 11.4. The molecule has 15 heavy (non-hydrogen) atoms. The van der Waals surface area contributed by atoms with Gasteiger partial charge < -0.3 is 14.6 Å². The van der Waals surface area contributed by atoms with E-state index in [0.29, 0.717) is 0 Å². The maximum Gasteiger partial charge on any atom is 0.312 e. The molecule has 0 fully saturated rings. The minimum absolute atomic E-state index is 0.146. The molecule has 0 saturated carbocycles. The quantitative estimate of drug-likeness (QED) is 0.575. The molecule has 0 rings (SSSR count). The van der Waals surface area contributed by atoms with Crippen LogP contribution >= 0.6 is 23.2 Å². The Balaban J connectivity index is 4.72. The number of hydrogen-bond donors (Lipinski definition) is 1. The molecule has 0 saturated heterocycles. The summed E-state index contributed by atoms with van der Waals surface area (Å²) in [5, 5.41) is 8.91. The van der Waals surface area contributed by atoms with E-state index in [0.717, 1.165) is 0 Å². The van der Waals surface area contributed by atoms with E-state index in [1.807, 2.05) is 0 Å². The van der Waals surface area contributed by atoms with E-state index in [4.69, 9.17) is 33.0 Å². The summed E-state index contributed by atoms with van der Waals surface area (Å²) in [5.41, 5.74) is 0. The summed E-state index contributed by atoms with van der Waals surface area (Å²) in [5.74, 6) is -1.96. The van der Waals surface area contributed by atoms with Crippen molar-refractivity contribution >= 4 is 35.0 Å². The Hall–Kier alpha value is -0.320. The SMILES string of the molecule is CCOC(=O)C(CC(C)=O)C(Cl)(Cl)CO. The highest BCUT2D eigenvalue weighted by atomic mass is 35.5. The number of rotatable bonds is 6. The largest absolute Gasteiger partial charge is 0.466 e. The van der Waals surface area contributed by atoms with E-state index in [9.17, 15) is 9.59 Å². The lowest BCUT2D eigenvalue weighted by Gasteiger charge is -2.25. The topological polar surface area (TPSA) is 63.6 Å². The number of aliphatic hydroxyl groups excluding tert-OH is 1. The van der Waals surface area contributed by atoms with Crippen LogP contribution in [0.25, 0.3) is 0 Å². The molecule has 0 spiro atoms. The minimum atomic E-state index is -1.68. The number of ketones is 1. The van der Waals surface area contributed by atoms with Crippen molar-refractivity contribution in [3.8, 4) is 0 Å². The van der Waals surface area contributed by atoms with Gasteiger partial charge in [-0.05, 0) is 13.8 Å². The third-order valence-corrected chi connectivity index (χ3v) is 2.55. The van der Waals surface area contributed by atoms with Crippen LogP contribution in [0.1, 0.15) is 20.3 Å². The molecule has 0 amide bonds. The molecular weight excluding hydrogens is 243 g/mol. The number of alkyl halides is 2. The zero-order chi connectivity index (χ0) is 12.1. The molecule has 0 aliphatic heterocycles. The summed E-state index contributed by atoms with van der Waals surface area (Å²) in [7, 11) is 0. The number of aliphatic hydroxyl groups is 1. The Kier molecular flexibility index (Phi) is 6.17. The van der Waals surface area contributed by atoms with Crippen molar-refractivity contribution in [1.29, 1.82) is 0 Å². The minimum Gasteiger partial charge on any atom is -0.466 e. The molecule has 0 radical (unpaired) electrons. The van der Waals surface area contributed by atoms with Gasteiger partial charge in [0.25, 0.3) is 0 Å². The zero-order valence-corrected chi connectivity index (χ0v) is 10.1. The lowest BCUT2D eigenvalue weighted by atomic mass is 9.99. The van der Waals surface area contributed by atoms with Crippen LogP contribution in [0.3, 0.4) is 0 Å². The van der Waals surface area contributed by atoms with Gasteiger partial charge in [0, 0.05) is 6.42 Å². The standard InChI is InChI=1S/C9H14Cl2O4/c1-3-15-8(14)7(4-6(2)13)9(10,11)5-12/h7,12H,3-5H2,1-2H3. The van der Waals surface area contributed by atoms with Gasteiger partial charge in [0.15, 0.2) is 4.33 Å². The summed E-state index contributed by atoms with van der Waals surface area (Å²) < 4.78 is 3.04. The second kappa shape index (κ2) is 6.30. The second-order valence-corrected chi connectivity index (χ2v) is 4.67. The average molecular weight is 257 g/mol. The third-order valence-electron chi connectivity index (χ3n) is 1.78. The highest BCUT2D eigenvalue weighted by molar-refractivity contribution is 6.49. The summed E-state index contributed by atoms with van der Waals surface area (Å²) in [6.45, 7) is 2.49. The molecule has 1 N–H and O–H groups in total. The Morgan fingerprint density at radius 2 is 2.00 bits per heavy atom. The van der Waals surface area contributed by atoms with Gasteiger partial charge in [-0.3, -0.25) is 4.79 Å². The Morgan fingerprint density at radius 3 is 2.33 bits per heavy atom. The summed E-state index contributed by atoms with van der Waals surface area (Å²) in [6, 6.07) is 0. The molecule has 0 aliphatic carbocycles. The Labute approximate surface area is 98.5 Å². The monoisotopic (exact) mass is 256 g/mol. The van der Waals surface area contributed by atoms with Crippen LogP contribution in [0.15, 0.2) is 0 Å². The van der Waals surface area contributed by atoms with Crippen LogP contribution in [0.5, 0.6) is 0 Å². The van der Waals surface area contributed by atoms with Gasteiger partial charge in [0.1, 0.15) is 5.78 Å². The van der Waals surface area contributed by atoms with Crippen LogP contribution in [-0.2, 0) is 14.3 Å². The van der Waals surface area contributed by atoms with Crippen LogP contribution in [0.2, 0.25) is 0 Å². The number of halogens is 2. The van der Waals surface area contributed by atoms with Crippen molar-refractivity contribution in [3.05, 3.63) is 0 Å². The molecule has 0 bridgehead atoms. The molecule has 0 aromatic carbocycles. The molecule has 1 atom stereocenters. The van der Waals surface area contributed by atoms with Crippen molar-refractivity contribution in [2.24, 2.45) is 5.92 Å². The molecule has 0 aromatic heterocycles. The third kappa shape index (κ3) is 4.82. The van der Waals surface area contributed by atoms with E-state index in [1.165, 1.54) is 6.92 Å². The number of ether oxygens (including phenoxy) is 1. The molecule has 0 aromatic rings. The molecule has 88 valence electrons. The fourth-order valence-corrected chi connectivity index (χ4v) is 1.38. The zero-order valence-electron chi connectivity index (χ0n) is 8.63. The van der Waals surface area contributed by atoms with Gasteiger partial charge in [-0.2, -0.15) is 0 Å². The molecule has 4 nitrogen and oxygen atoms in total. The molecular formula is C9H14Cl2O4. The molecule has 0 aliphatic rings. The Morgan fingerprint density at radius 1 is 1.47 bits per heavy atom. The highest BCUT2D eigenvalue weighted by Gasteiger charge is 2.41. The average Bonchev–Trinajstić information content (AvgIpc) is 2.14. The molecule has 6 heteroatoms. The van der Waals surface area contributed by atoms with E-state index in [-0.39, 0.29) is 18.8 Å². The van der Waals surface area contributed by atoms with Crippen LogP contribution in [0.4, 0.5) is 0 Å². The summed E-state index contributed by atoms with van der Waals surface area (Å²) in [6.07, 6.45) is -0.146. The van der Waals surface area contributed by atoms with Crippen molar-refractivity contribution in [2.75, 3.05) is 13.2 Å². The predicted molar refractivity (Wildman–Crippen MR) is 56.9 cm³/mol. The number of carbonyl (C=O) groups is 2. The van der Waals surface area contributed by atoms with Crippen molar-refractivity contribution in [3.63, 3.8) is 0 Å². The lowest BCUT2D eigenvalue weighted by molar-refractivity contribution is -0.150. The van der Waals surface area contributed by atoms with E-state index < -0.39 is 22.8 Å². The predicted octanol–water partition coefficient (Wildman–Crippen LogP) is 1.31. The lowest BCUT2D eigenvalue weighted by Crippen LogP contribution is -2.38. The van der Waals surface area contributed by atoms with Gasteiger partial charge in [-0.15, -0.1) is 0 Å². The van der Waals surface area contributed by atoms with Gasteiger partial charge in [-0.1, -0.05) is 23.2 Å². The highest BCUT2D eigenvalue weighted by Crippen LogP contribution is 2.33. The van der Waals surface area contributed by atoms with Crippen molar-refractivity contribution < 1.29 is 19.4 Å². The normalized spacial score (nSPS) is 13.4. The van der Waals surface area contributed by atoms with E-state index >= 15 is 0 Å². The first-order valence-electron chi connectivity index (χ1n) is 4.50. The maximum absolute atomic E-state index is 11.4. The van der Waals surface area contributed by atoms with Gasteiger partial charge >= 0.3 is 5.97 Å². The van der Waals surface area contributed by atoms with Gasteiger partial charge in [-0.25, -0.2) is 0 Å². The number of Topliss-reactive ketones (excluding diaryl/α,β-unsaturated/α-hetero) is 1. The number of esters is 1. The summed E-state index contributed by atoms with van der Waals surface area (Å²) in [4.78, 5) is 22.3. The van der Waals surface area contributed by atoms with E-state index in [2.05, 4.69) is 0 Å². The molecule has 0 heterocycles. The van der Waals surface area contributed by atoms with Gasteiger partial charge in [0.2, 0.25) is 0 Å². The van der Waals surface area contributed by atoms with Crippen LogP contribution < -0.4 is 0 Å². The van der Waals surface area contributed by atoms with E-state index in [1.54, 1.807) is 6.92 Å². The van der Waals surface area contributed by atoms with Crippen LogP contribution in [-0.4, -0.2) is 34.4 Å². The molecule has 1 unspecified atom stereocenters. The van der Waals surface area contributed by atoms with Crippen molar-refractivity contribution in [1.82, 2.24) is 0 Å². The van der Waals surface area contributed by atoms with Crippen LogP contribution in [0, 0.1) is 5.92 Å². The first kappa shape index (κ1) is 14.7. The number of carbonyl (C=O) groups excluding carboxylic acids is 2. The summed E-state index contributed by atoms with van der Waals surface area (Å²) >= 11 is 11.4.